The van der Waals surface area contributed by atoms with E-state index < -0.39 is 81.3 Å². The molecule has 44 heavy (non-hydrogen) atoms. The van der Waals surface area contributed by atoms with Crippen LogP contribution in [0.4, 0.5) is 14.4 Å². The third-order valence-electron chi connectivity index (χ3n) is 9.35. The summed E-state index contributed by atoms with van der Waals surface area (Å²) in [5.41, 5.74) is 0. The second kappa shape index (κ2) is 13.5. The van der Waals surface area contributed by atoms with Crippen LogP contribution >= 0.6 is 0 Å². The Morgan fingerprint density at radius 1 is 0.523 bits per heavy atom. The molecule has 0 aromatic heterocycles. The van der Waals surface area contributed by atoms with Crippen LogP contribution < -0.4 is 0 Å². The highest BCUT2D eigenvalue weighted by Crippen LogP contribution is 2.31. The lowest BCUT2D eigenvalue weighted by atomic mass is 9.98. The van der Waals surface area contributed by atoms with E-state index in [4.69, 9.17) is 9.47 Å². The van der Waals surface area contributed by atoms with E-state index in [1.54, 1.807) is 13.8 Å². The molecule has 5 rings (SSSR count). The van der Waals surface area contributed by atoms with Gasteiger partial charge in [0.25, 0.3) is 0 Å². The Bertz CT molecular complexity index is 968. The Labute approximate surface area is 255 Å². The van der Waals surface area contributed by atoms with Gasteiger partial charge in [0, 0.05) is 0 Å². The summed E-state index contributed by atoms with van der Waals surface area (Å²) in [5, 5.41) is 64.1. The van der Waals surface area contributed by atoms with Crippen molar-refractivity contribution in [1.29, 1.82) is 0 Å². The van der Waals surface area contributed by atoms with Crippen LogP contribution in [0.25, 0.3) is 0 Å². The van der Waals surface area contributed by atoms with Gasteiger partial charge in [0.15, 0.2) is 37.4 Å². The van der Waals surface area contributed by atoms with Gasteiger partial charge in [0.05, 0.1) is 12.2 Å². The van der Waals surface area contributed by atoms with E-state index in [9.17, 15) is 45.0 Å². The van der Waals surface area contributed by atoms with Gasteiger partial charge >= 0.3 is 18.1 Å². The number of hydrogen-bond acceptors (Lipinski definition) is 11. The van der Waals surface area contributed by atoms with E-state index in [-0.39, 0.29) is 12.2 Å². The lowest BCUT2D eigenvalue weighted by Gasteiger charge is -2.32. The first-order valence-electron chi connectivity index (χ1n) is 15.6. The smallest absolute Gasteiger partial charge is 0.327 e. The van der Waals surface area contributed by atoms with Gasteiger partial charge in [0.2, 0.25) is 0 Å². The van der Waals surface area contributed by atoms with Crippen molar-refractivity contribution in [3.63, 3.8) is 0 Å². The maximum atomic E-state index is 13.3. The first-order valence-corrected chi connectivity index (χ1v) is 15.6. The fraction of sp³-hybridized carbons (Fsp3) is 0.889. The van der Waals surface area contributed by atoms with E-state index >= 15 is 0 Å². The number of aliphatic hydroxyl groups excluding tert-OH is 6. The number of ether oxygens (including phenoxy) is 2. The maximum Gasteiger partial charge on any atom is 0.327 e. The molecule has 17 heteroatoms. The summed E-state index contributed by atoms with van der Waals surface area (Å²) in [5.74, 6) is 0. The molecule has 2 saturated carbocycles. The van der Waals surface area contributed by atoms with Crippen LogP contribution in [0.15, 0.2) is 0 Å². The SMILES string of the molecule is CC(OC1CCCCC1)N1C(=O)N(CN2C(=O)N(CN3C(=O)N(C(C)OC4CCCCC4)C(O)C3O)C(O)C2O)C(O)C1O. The fourth-order valence-corrected chi connectivity index (χ4v) is 6.81. The van der Waals surface area contributed by atoms with Crippen LogP contribution in [-0.2, 0) is 9.47 Å². The fourth-order valence-electron chi connectivity index (χ4n) is 6.81. The lowest BCUT2D eigenvalue weighted by molar-refractivity contribution is -0.147. The molecule has 3 aliphatic heterocycles. The Hall–Kier alpha value is -2.51. The van der Waals surface area contributed by atoms with Crippen LogP contribution in [0.1, 0.15) is 78.1 Å². The summed E-state index contributed by atoms with van der Waals surface area (Å²) in [6, 6.07) is -2.72. The summed E-state index contributed by atoms with van der Waals surface area (Å²) >= 11 is 0. The van der Waals surface area contributed by atoms with Crippen molar-refractivity contribution in [2.24, 2.45) is 0 Å². The molecule has 0 aromatic carbocycles. The Morgan fingerprint density at radius 3 is 1.16 bits per heavy atom. The third kappa shape index (κ3) is 6.16. The van der Waals surface area contributed by atoms with Gasteiger partial charge in [-0.2, -0.15) is 0 Å². The van der Waals surface area contributed by atoms with Crippen molar-refractivity contribution < 1.29 is 54.5 Å². The molecule has 0 radical (unpaired) electrons. The molecule has 250 valence electrons. The van der Waals surface area contributed by atoms with Crippen molar-refractivity contribution in [1.82, 2.24) is 29.4 Å². The van der Waals surface area contributed by atoms with Crippen LogP contribution in [0, 0.1) is 0 Å². The monoisotopic (exact) mass is 630 g/mol. The molecule has 0 bridgehead atoms. The van der Waals surface area contributed by atoms with Crippen molar-refractivity contribution in [2.45, 2.75) is 140 Å². The molecule has 5 aliphatic rings. The summed E-state index contributed by atoms with van der Waals surface area (Å²) in [6.07, 6.45) is -3.29. The molecule has 0 spiro atoms. The Morgan fingerprint density at radius 2 is 0.818 bits per heavy atom. The highest BCUT2D eigenvalue weighted by molar-refractivity contribution is 5.81. The molecule has 8 unspecified atom stereocenters. The van der Waals surface area contributed by atoms with Crippen molar-refractivity contribution in [3.05, 3.63) is 0 Å². The molecule has 8 atom stereocenters. The molecule has 5 fully saturated rings. The van der Waals surface area contributed by atoms with Gasteiger partial charge in [-0.25, -0.2) is 14.4 Å². The highest BCUT2D eigenvalue weighted by atomic mass is 16.5. The zero-order chi connectivity index (χ0) is 31.9. The number of hydrogen-bond donors (Lipinski definition) is 6. The van der Waals surface area contributed by atoms with E-state index in [0.717, 1.165) is 83.8 Å². The van der Waals surface area contributed by atoms with E-state index in [0.29, 0.717) is 9.80 Å². The van der Waals surface area contributed by atoms with Gasteiger partial charge in [0.1, 0.15) is 25.8 Å². The predicted octanol–water partition coefficient (Wildman–Crippen LogP) is -0.585. The van der Waals surface area contributed by atoms with Crippen LogP contribution in [0.3, 0.4) is 0 Å². The second-order valence-corrected chi connectivity index (χ2v) is 12.3. The molecule has 3 heterocycles. The zero-order valence-electron chi connectivity index (χ0n) is 25.2. The number of nitrogens with zero attached hydrogens (tertiary/aromatic N) is 6. The van der Waals surface area contributed by atoms with Crippen LogP contribution in [0.2, 0.25) is 0 Å². The number of aliphatic hydroxyl groups is 6. The van der Waals surface area contributed by atoms with E-state index in [2.05, 4.69) is 0 Å². The average molecular weight is 631 g/mol. The lowest BCUT2D eigenvalue weighted by Crippen LogP contribution is -2.50. The highest BCUT2D eigenvalue weighted by Gasteiger charge is 2.54. The summed E-state index contributed by atoms with van der Waals surface area (Å²) < 4.78 is 11.9. The quantitative estimate of drug-likeness (QED) is 0.180. The topological polar surface area (TPSA) is 210 Å². The van der Waals surface area contributed by atoms with Crippen LogP contribution in [0.5, 0.6) is 0 Å². The molecular weight excluding hydrogens is 584 g/mol. The third-order valence-corrected chi connectivity index (χ3v) is 9.35. The molecule has 6 amide bonds. The van der Waals surface area contributed by atoms with Crippen LogP contribution in [-0.4, -0.2) is 154 Å². The van der Waals surface area contributed by atoms with Crippen molar-refractivity contribution >= 4 is 18.1 Å². The molecule has 6 N–H and O–H groups in total. The molecular formula is C27H46N6O11. The predicted molar refractivity (Wildman–Crippen MR) is 148 cm³/mol. The minimum Gasteiger partial charge on any atom is -0.369 e. The van der Waals surface area contributed by atoms with Gasteiger partial charge in [-0.3, -0.25) is 29.4 Å². The summed E-state index contributed by atoms with van der Waals surface area (Å²) in [6.45, 7) is 1.72. The number of carbonyl (C=O) groups excluding carboxylic acids is 3. The maximum absolute atomic E-state index is 13.3. The van der Waals surface area contributed by atoms with Gasteiger partial charge in [-0.05, 0) is 39.5 Å². The summed E-state index contributed by atoms with van der Waals surface area (Å²) in [4.78, 5) is 44.6. The number of rotatable bonds is 10. The molecule has 0 aromatic rings. The van der Waals surface area contributed by atoms with Gasteiger partial charge < -0.3 is 40.1 Å². The second-order valence-electron chi connectivity index (χ2n) is 12.3. The number of urea groups is 3. The molecule has 2 aliphatic carbocycles. The van der Waals surface area contributed by atoms with Crippen molar-refractivity contribution in [3.8, 4) is 0 Å². The van der Waals surface area contributed by atoms with Gasteiger partial charge in [-0.1, -0.05) is 38.5 Å². The first kappa shape index (κ1) is 32.9. The van der Waals surface area contributed by atoms with Gasteiger partial charge in [-0.15, -0.1) is 0 Å². The summed E-state index contributed by atoms with van der Waals surface area (Å²) in [7, 11) is 0. The molecule has 17 nitrogen and oxygen atoms in total. The largest absolute Gasteiger partial charge is 0.369 e. The number of carbonyl (C=O) groups is 3. The zero-order valence-corrected chi connectivity index (χ0v) is 25.2. The minimum atomic E-state index is -1.89. The van der Waals surface area contributed by atoms with Crippen molar-refractivity contribution in [2.75, 3.05) is 13.3 Å². The number of amides is 6. The van der Waals surface area contributed by atoms with E-state index in [1.807, 2.05) is 0 Å². The Kier molecular flexibility index (Phi) is 10.1. The average Bonchev–Trinajstić information content (AvgIpc) is 3.44. The molecule has 3 saturated heterocycles. The first-order chi connectivity index (χ1) is 20.9. The Balaban J connectivity index is 1.22. The minimum absolute atomic E-state index is 0.101. The normalized spacial score (nSPS) is 34.2. The van der Waals surface area contributed by atoms with E-state index in [1.165, 1.54) is 0 Å². The standard InChI is InChI=1S/C27H46N6O11/c1-15(43-17-9-5-3-6-10-17)32-23(38)21(36)30(26(32)41)13-28-19(34)20(35)29(25(28)40)14-31-22(37)24(39)33(27(31)42)16(2)44-18-11-7-4-8-12-18/h15-24,34-39H,3-14H2,1-2H3.